The smallest absolute Gasteiger partial charge is 0.149 e. The molecule has 6 heteroatoms. The number of hydrogen-bond acceptors (Lipinski definition) is 4. The summed E-state index contributed by atoms with van der Waals surface area (Å²) in [4.78, 5) is 0. The Morgan fingerprint density at radius 2 is 2.00 bits per heavy atom. The zero-order valence-corrected chi connectivity index (χ0v) is 13.1. The quantitative estimate of drug-likeness (QED) is 0.936. The molecule has 114 valence electrons. The fourth-order valence-corrected chi connectivity index (χ4v) is 3.17. The van der Waals surface area contributed by atoms with Crippen molar-refractivity contribution in [3.63, 3.8) is 0 Å². The molecule has 2 aromatic heterocycles. The van der Waals surface area contributed by atoms with Crippen LogP contribution in [-0.4, -0.2) is 24.5 Å². The van der Waals surface area contributed by atoms with Gasteiger partial charge in [0.1, 0.15) is 11.6 Å². The second-order valence-electron chi connectivity index (χ2n) is 5.93. The van der Waals surface area contributed by atoms with Crippen molar-refractivity contribution < 1.29 is 0 Å². The highest BCUT2D eigenvalue weighted by Crippen LogP contribution is 2.21. The Bertz CT molecular complexity index is 599. The van der Waals surface area contributed by atoms with E-state index in [0.29, 0.717) is 0 Å². The van der Waals surface area contributed by atoms with Gasteiger partial charge in [0.15, 0.2) is 0 Å². The van der Waals surface area contributed by atoms with Crippen LogP contribution in [0.25, 0.3) is 0 Å². The van der Waals surface area contributed by atoms with E-state index in [1.807, 2.05) is 17.9 Å². The van der Waals surface area contributed by atoms with E-state index in [0.717, 1.165) is 24.6 Å². The number of aryl methyl sites for hydroxylation is 2. The summed E-state index contributed by atoms with van der Waals surface area (Å²) in [5.74, 6) is 2.20. The highest BCUT2D eigenvalue weighted by atomic mass is 15.3. The number of rotatable bonds is 4. The van der Waals surface area contributed by atoms with Crippen LogP contribution in [0.5, 0.6) is 0 Å². The number of fused-ring (bicyclic) bond motifs is 1. The molecular formula is C15H24N6. The van der Waals surface area contributed by atoms with Crippen LogP contribution in [0.4, 0.5) is 0 Å². The minimum Gasteiger partial charge on any atom is -0.314 e. The first-order valence-corrected chi connectivity index (χ1v) is 7.82. The Morgan fingerprint density at radius 3 is 2.76 bits per heavy atom. The van der Waals surface area contributed by atoms with Crippen molar-refractivity contribution >= 4 is 0 Å². The van der Waals surface area contributed by atoms with Crippen LogP contribution in [0.15, 0.2) is 12.3 Å². The third kappa shape index (κ3) is 2.85. The average molecular weight is 288 g/mol. The van der Waals surface area contributed by atoms with Crippen molar-refractivity contribution in [2.75, 3.05) is 0 Å². The predicted octanol–water partition coefficient (Wildman–Crippen LogP) is 2.15. The van der Waals surface area contributed by atoms with Gasteiger partial charge in [-0.3, -0.25) is 10.00 Å². The standard InChI is InChI=1S/C15H24N6/c1-11(13-8-9-16-20(13)3)17-12(2)15-19-18-14-7-5-4-6-10-21(14)15/h8-9,11-12,17H,4-7,10H2,1-3H3. The molecule has 1 aliphatic rings. The lowest BCUT2D eigenvalue weighted by Crippen LogP contribution is -2.26. The molecule has 6 nitrogen and oxygen atoms in total. The summed E-state index contributed by atoms with van der Waals surface area (Å²) < 4.78 is 4.22. The lowest BCUT2D eigenvalue weighted by Gasteiger charge is -2.20. The van der Waals surface area contributed by atoms with E-state index in [4.69, 9.17) is 0 Å². The number of hydrogen-bond donors (Lipinski definition) is 1. The molecule has 0 saturated heterocycles. The minimum absolute atomic E-state index is 0.175. The Kier molecular flexibility index (Phi) is 4.05. The molecule has 2 aromatic rings. The number of nitrogens with zero attached hydrogens (tertiary/aromatic N) is 5. The van der Waals surface area contributed by atoms with E-state index in [2.05, 4.69) is 45.1 Å². The minimum atomic E-state index is 0.175. The van der Waals surface area contributed by atoms with Crippen molar-refractivity contribution in [1.82, 2.24) is 29.9 Å². The van der Waals surface area contributed by atoms with Gasteiger partial charge < -0.3 is 4.57 Å². The van der Waals surface area contributed by atoms with Crippen molar-refractivity contribution in [3.05, 3.63) is 29.6 Å². The predicted molar refractivity (Wildman–Crippen MR) is 80.8 cm³/mol. The van der Waals surface area contributed by atoms with Crippen molar-refractivity contribution in [1.29, 1.82) is 0 Å². The highest BCUT2D eigenvalue weighted by Gasteiger charge is 2.21. The molecule has 3 rings (SSSR count). The summed E-state index contributed by atoms with van der Waals surface area (Å²) in [5.41, 5.74) is 1.18. The molecule has 0 amide bonds. The molecule has 2 atom stereocenters. The summed E-state index contributed by atoms with van der Waals surface area (Å²) in [7, 11) is 1.97. The second kappa shape index (κ2) is 5.97. The van der Waals surface area contributed by atoms with Crippen LogP contribution in [0.2, 0.25) is 0 Å². The number of nitrogens with one attached hydrogen (secondary N) is 1. The summed E-state index contributed by atoms with van der Waals surface area (Å²) in [6.07, 6.45) is 6.63. The Balaban J connectivity index is 1.75. The van der Waals surface area contributed by atoms with Crippen LogP contribution in [-0.2, 0) is 20.0 Å². The van der Waals surface area contributed by atoms with E-state index in [1.54, 1.807) is 0 Å². The molecule has 0 aromatic carbocycles. The zero-order valence-electron chi connectivity index (χ0n) is 13.1. The summed E-state index contributed by atoms with van der Waals surface area (Å²) in [5, 5.41) is 16.7. The highest BCUT2D eigenvalue weighted by molar-refractivity contribution is 5.08. The molecule has 0 aliphatic carbocycles. The largest absolute Gasteiger partial charge is 0.314 e. The Morgan fingerprint density at radius 1 is 1.14 bits per heavy atom. The molecule has 3 heterocycles. The van der Waals surface area contributed by atoms with Crippen molar-refractivity contribution in [2.24, 2.45) is 7.05 Å². The molecule has 0 radical (unpaired) electrons. The first-order chi connectivity index (χ1) is 10.2. The first kappa shape index (κ1) is 14.3. The lowest BCUT2D eigenvalue weighted by molar-refractivity contribution is 0.437. The van der Waals surface area contributed by atoms with Crippen LogP contribution in [0.3, 0.4) is 0 Å². The molecule has 1 aliphatic heterocycles. The molecule has 0 bridgehead atoms. The number of aromatic nitrogens is 5. The van der Waals surface area contributed by atoms with Gasteiger partial charge in [-0.15, -0.1) is 10.2 Å². The lowest BCUT2D eigenvalue weighted by atomic mass is 10.2. The summed E-state index contributed by atoms with van der Waals surface area (Å²) >= 11 is 0. The molecule has 0 saturated carbocycles. The van der Waals surface area contributed by atoms with E-state index in [-0.39, 0.29) is 12.1 Å². The Hall–Kier alpha value is -1.69. The fraction of sp³-hybridized carbons (Fsp3) is 0.667. The summed E-state index contributed by atoms with van der Waals surface area (Å²) in [6.45, 7) is 5.37. The van der Waals surface area contributed by atoms with Crippen LogP contribution in [0, 0.1) is 0 Å². The van der Waals surface area contributed by atoms with Crippen LogP contribution < -0.4 is 5.32 Å². The normalized spacial score (nSPS) is 18.0. The third-order valence-electron chi connectivity index (χ3n) is 4.33. The molecule has 2 unspecified atom stereocenters. The average Bonchev–Trinajstić information content (AvgIpc) is 2.99. The zero-order chi connectivity index (χ0) is 14.8. The van der Waals surface area contributed by atoms with E-state index in [1.165, 1.54) is 25.0 Å². The van der Waals surface area contributed by atoms with Crippen molar-refractivity contribution in [3.8, 4) is 0 Å². The SMILES string of the molecule is CC(NC(C)c1nnc2n1CCCCC2)c1ccnn1C. The van der Waals surface area contributed by atoms with E-state index >= 15 is 0 Å². The van der Waals surface area contributed by atoms with Crippen molar-refractivity contribution in [2.45, 2.75) is 58.2 Å². The first-order valence-electron chi connectivity index (χ1n) is 7.82. The van der Waals surface area contributed by atoms with Gasteiger partial charge >= 0.3 is 0 Å². The summed E-state index contributed by atoms with van der Waals surface area (Å²) in [6, 6.07) is 2.45. The Labute approximate surface area is 125 Å². The van der Waals surface area contributed by atoms with Gasteiger partial charge in [0.05, 0.1) is 11.7 Å². The topological polar surface area (TPSA) is 60.6 Å². The van der Waals surface area contributed by atoms with Crippen LogP contribution in [0.1, 0.15) is 62.5 Å². The van der Waals surface area contributed by atoms with E-state index in [9.17, 15) is 0 Å². The molecule has 1 N–H and O–H groups in total. The van der Waals surface area contributed by atoms with Gasteiger partial charge in [-0.1, -0.05) is 6.42 Å². The van der Waals surface area contributed by atoms with Gasteiger partial charge in [-0.05, 0) is 32.8 Å². The molecule has 21 heavy (non-hydrogen) atoms. The molecular weight excluding hydrogens is 264 g/mol. The maximum atomic E-state index is 4.42. The van der Waals surface area contributed by atoms with Gasteiger partial charge in [-0.25, -0.2) is 0 Å². The maximum absolute atomic E-state index is 4.42. The molecule has 0 spiro atoms. The van der Waals surface area contributed by atoms with Gasteiger partial charge in [0, 0.05) is 32.3 Å². The van der Waals surface area contributed by atoms with Gasteiger partial charge in [0.25, 0.3) is 0 Å². The van der Waals surface area contributed by atoms with Crippen LogP contribution >= 0.6 is 0 Å². The molecule has 0 fully saturated rings. The fourth-order valence-electron chi connectivity index (χ4n) is 3.17. The van der Waals surface area contributed by atoms with E-state index < -0.39 is 0 Å². The van der Waals surface area contributed by atoms with Gasteiger partial charge in [-0.2, -0.15) is 5.10 Å². The maximum Gasteiger partial charge on any atom is 0.149 e. The second-order valence-corrected chi connectivity index (χ2v) is 5.93. The van der Waals surface area contributed by atoms with Gasteiger partial charge in [0.2, 0.25) is 0 Å². The third-order valence-corrected chi connectivity index (χ3v) is 4.33. The monoisotopic (exact) mass is 288 g/mol.